The minimum Gasteiger partial charge on any atom is -0.478 e. The second-order valence-corrected chi connectivity index (χ2v) is 9.40. The number of benzene rings is 2. The molecule has 4 saturated carbocycles. The number of carbonyl (C=O) groups is 2. The summed E-state index contributed by atoms with van der Waals surface area (Å²) in [5.74, 6) is 1.77. The smallest absolute Gasteiger partial charge is 0.335 e. The van der Waals surface area contributed by atoms with Gasteiger partial charge in [0, 0.05) is 5.56 Å². The zero-order chi connectivity index (χ0) is 20.0. The lowest BCUT2D eigenvalue weighted by Gasteiger charge is -2.57. The summed E-state index contributed by atoms with van der Waals surface area (Å²) in [4.78, 5) is 23.5. The van der Waals surface area contributed by atoms with Crippen molar-refractivity contribution in [3.05, 3.63) is 76.9 Å². The van der Waals surface area contributed by atoms with Crippen molar-refractivity contribution in [1.29, 1.82) is 0 Å². The first kappa shape index (κ1) is 18.4. The van der Waals surface area contributed by atoms with Gasteiger partial charge in [-0.05, 0) is 91.0 Å². The van der Waals surface area contributed by atoms with Crippen LogP contribution in [0.2, 0.25) is 0 Å². The van der Waals surface area contributed by atoms with Gasteiger partial charge in [-0.25, -0.2) is 4.79 Å². The molecule has 3 heteroatoms. The molecule has 0 aliphatic heterocycles. The van der Waals surface area contributed by atoms with Crippen molar-refractivity contribution in [3.8, 4) is 0 Å². The third-order valence-corrected chi connectivity index (χ3v) is 7.40. The van der Waals surface area contributed by atoms with E-state index >= 15 is 0 Å². The summed E-state index contributed by atoms with van der Waals surface area (Å²) in [5, 5.41) is 8.96. The van der Waals surface area contributed by atoms with Gasteiger partial charge in [-0.15, -0.1) is 0 Å². The molecular weight excluding hydrogens is 360 g/mol. The Morgan fingerprint density at radius 3 is 1.83 bits per heavy atom. The summed E-state index contributed by atoms with van der Waals surface area (Å²) in [6.07, 6.45) is 11.6. The first-order chi connectivity index (χ1) is 14.0. The van der Waals surface area contributed by atoms with Crippen LogP contribution in [0.15, 0.2) is 54.6 Å². The van der Waals surface area contributed by atoms with Gasteiger partial charge in [-0.1, -0.05) is 42.5 Å². The topological polar surface area (TPSA) is 54.4 Å². The quantitative estimate of drug-likeness (QED) is 0.526. The lowest BCUT2D eigenvalue weighted by molar-refractivity contribution is -0.00519. The number of carboxylic acids is 1. The summed E-state index contributed by atoms with van der Waals surface area (Å²) >= 11 is 0. The van der Waals surface area contributed by atoms with Crippen LogP contribution in [0.4, 0.5) is 0 Å². The minimum atomic E-state index is -0.948. The van der Waals surface area contributed by atoms with Gasteiger partial charge in [0.05, 0.1) is 5.56 Å². The number of aromatic carboxylic acids is 1. The third kappa shape index (κ3) is 3.43. The van der Waals surface area contributed by atoms with E-state index in [2.05, 4.69) is 12.1 Å². The first-order valence-corrected chi connectivity index (χ1v) is 10.7. The number of rotatable bonds is 5. The fraction of sp³-hybridized carbons (Fsp3) is 0.385. The van der Waals surface area contributed by atoms with E-state index < -0.39 is 5.97 Å². The first-order valence-electron chi connectivity index (χ1n) is 10.7. The second-order valence-electron chi connectivity index (χ2n) is 9.40. The number of carboxylic acid groups (broad SMARTS) is 1. The van der Waals surface area contributed by atoms with E-state index in [9.17, 15) is 9.59 Å². The number of carbonyl (C=O) groups excluding carboxylic acids is 1. The summed E-state index contributed by atoms with van der Waals surface area (Å²) in [6, 6.07) is 14.9. The van der Waals surface area contributed by atoms with Crippen LogP contribution in [-0.2, 0) is 5.41 Å². The molecule has 3 nitrogen and oxygen atoms in total. The number of hydrogen-bond acceptors (Lipinski definition) is 2. The maximum Gasteiger partial charge on any atom is 0.335 e. The molecule has 0 spiro atoms. The zero-order valence-corrected chi connectivity index (χ0v) is 16.5. The maximum atomic E-state index is 12.6. The van der Waals surface area contributed by atoms with Gasteiger partial charge in [-0.2, -0.15) is 0 Å². The molecule has 0 amide bonds. The van der Waals surface area contributed by atoms with Crippen LogP contribution in [0.1, 0.15) is 70.4 Å². The average Bonchev–Trinajstić information content (AvgIpc) is 2.71. The van der Waals surface area contributed by atoms with E-state index in [0.29, 0.717) is 11.0 Å². The number of ketones is 1. The highest BCUT2D eigenvalue weighted by Gasteiger charge is 2.51. The van der Waals surface area contributed by atoms with Gasteiger partial charge in [0.2, 0.25) is 0 Å². The molecule has 0 radical (unpaired) electrons. The standard InChI is InChI=1S/C26H26O3/c27-24(10-3-17-1-4-22(5-2-17)25(28)29)21-6-8-23(9-7-21)26-14-18-11-19(15-26)13-20(12-18)16-26/h1-10,18-20H,11-16H2,(H,28,29). The van der Waals surface area contributed by atoms with Crippen LogP contribution in [0.25, 0.3) is 6.08 Å². The Morgan fingerprint density at radius 2 is 1.31 bits per heavy atom. The second kappa shape index (κ2) is 6.98. The lowest BCUT2D eigenvalue weighted by Crippen LogP contribution is -2.48. The summed E-state index contributed by atoms with van der Waals surface area (Å²) in [6.45, 7) is 0. The molecule has 0 heterocycles. The molecule has 4 bridgehead atoms. The number of hydrogen-bond donors (Lipinski definition) is 1. The molecular formula is C26H26O3. The van der Waals surface area contributed by atoms with Gasteiger partial charge in [0.15, 0.2) is 5.78 Å². The molecule has 4 fully saturated rings. The van der Waals surface area contributed by atoms with E-state index in [-0.39, 0.29) is 11.3 Å². The van der Waals surface area contributed by atoms with Crippen LogP contribution < -0.4 is 0 Å². The van der Waals surface area contributed by atoms with Gasteiger partial charge < -0.3 is 5.11 Å². The summed E-state index contributed by atoms with van der Waals surface area (Å²) < 4.78 is 0. The SMILES string of the molecule is O=C(O)c1ccc(C=CC(=O)c2ccc(C34CC5CC(CC(C5)C3)C4)cc2)cc1. The Labute approximate surface area is 171 Å². The maximum absolute atomic E-state index is 12.6. The third-order valence-electron chi connectivity index (χ3n) is 7.40. The van der Waals surface area contributed by atoms with Gasteiger partial charge in [0.25, 0.3) is 0 Å². The molecule has 2 aromatic rings. The van der Waals surface area contributed by atoms with E-state index in [1.807, 2.05) is 12.1 Å². The molecule has 0 atom stereocenters. The lowest BCUT2D eigenvalue weighted by atomic mass is 9.48. The predicted molar refractivity (Wildman–Crippen MR) is 113 cm³/mol. The molecule has 0 unspecified atom stereocenters. The van der Waals surface area contributed by atoms with Crippen LogP contribution >= 0.6 is 0 Å². The van der Waals surface area contributed by atoms with Gasteiger partial charge in [-0.3, -0.25) is 4.79 Å². The van der Waals surface area contributed by atoms with E-state index in [0.717, 1.165) is 23.3 Å². The molecule has 4 aliphatic rings. The average molecular weight is 386 g/mol. The highest BCUT2D eigenvalue weighted by atomic mass is 16.4. The van der Waals surface area contributed by atoms with Crippen molar-refractivity contribution in [2.45, 2.75) is 43.9 Å². The van der Waals surface area contributed by atoms with Crippen molar-refractivity contribution < 1.29 is 14.7 Å². The van der Waals surface area contributed by atoms with Crippen LogP contribution in [0, 0.1) is 17.8 Å². The molecule has 29 heavy (non-hydrogen) atoms. The Hall–Kier alpha value is -2.68. The molecule has 0 saturated heterocycles. The molecule has 0 aromatic heterocycles. The van der Waals surface area contributed by atoms with Crippen molar-refractivity contribution in [1.82, 2.24) is 0 Å². The molecule has 2 aromatic carbocycles. The highest BCUT2D eigenvalue weighted by molar-refractivity contribution is 6.06. The fourth-order valence-corrected chi connectivity index (χ4v) is 6.46. The van der Waals surface area contributed by atoms with Gasteiger partial charge in [0.1, 0.15) is 0 Å². The molecule has 148 valence electrons. The Balaban J connectivity index is 1.30. The largest absolute Gasteiger partial charge is 0.478 e. The normalized spacial score (nSPS) is 30.0. The molecule has 4 aliphatic carbocycles. The predicted octanol–water partition coefficient (Wildman–Crippen LogP) is 5.75. The van der Waals surface area contributed by atoms with Crippen LogP contribution in [0.5, 0.6) is 0 Å². The van der Waals surface area contributed by atoms with Crippen molar-refractivity contribution >= 4 is 17.8 Å². The van der Waals surface area contributed by atoms with Crippen molar-refractivity contribution in [2.75, 3.05) is 0 Å². The van der Waals surface area contributed by atoms with Crippen LogP contribution in [0.3, 0.4) is 0 Å². The van der Waals surface area contributed by atoms with Crippen molar-refractivity contribution in [2.24, 2.45) is 17.8 Å². The summed E-state index contributed by atoms with van der Waals surface area (Å²) in [7, 11) is 0. The fourth-order valence-electron chi connectivity index (χ4n) is 6.46. The van der Waals surface area contributed by atoms with Gasteiger partial charge >= 0.3 is 5.97 Å². The monoisotopic (exact) mass is 386 g/mol. The Bertz CT molecular complexity index is 931. The van der Waals surface area contributed by atoms with E-state index in [1.54, 1.807) is 36.4 Å². The molecule has 1 N–H and O–H groups in total. The Kier molecular flexibility index (Phi) is 4.42. The van der Waals surface area contributed by atoms with E-state index in [4.69, 9.17) is 5.11 Å². The van der Waals surface area contributed by atoms with Crippen LogP contribution in [-0.4, -0.2) is 16.9 Å². The van der Waals surface area contributed by atoms with E-state index in [1.165, 1.54) is 44.1 Å². The minimum absolute atomic E-state index is 0.0237. The summed E-state index contributed by atoms with van der Waals surface area (Å²) in [5.41, 5.74) is 3.55. The molecule has 6 rings (SSSR count). The zero-order valence-electron chi connectivity index (χ0n) is 16.5. The van der Waals surface area contributed by atoms with Crippen molar-refractivity contribution in [3.63, 3.8) is 0 Å². The highest BCUT2D eigenvalue weighted by Crippen LogP contribution is 2.60. The Morgan fingerprint density at radius 1 is 0.793 bits per heavy atom. The number of allylic oxidation sites excluding steroid dienone is 1.